The Morgan fingerprint density at radius 3 is 2.22 bits per heavy atom. The van der Waals surface area contributed by atoms with Gasteiger partial charge in [0.05, 0.1) is 0 Å². The van der Waals surface area contributed by atoms with E-state index in [2.05, 4.69) is 0 Å². The van der Waals surface area contributed by atoms with Crippen molar-refractivity contribution in [2.75, 3.05) is 11.5 Å². The van der Waals surface area contributed by atoms with Gasteiger partial charge in [0, 0.05) is 23.5 Å². The summed E-state index contributed by atoms with van der Waals surface area (Å²) >= 11 is 1.63. The van der Waals surface area contributed by atoms with Gasteiger partial charge in [-0.3, -0.25) is 0 Å². The maximum atomic E-state index is 11.7. The highest BCUT2D eigenvalue weighted by Crippen LogP contribution is 2.31. The van der Waals surface area contributed by atoms with E-state index in [0.29, 0.717) is 11.5 Å². The van der Waals surface area contributed by atoms with Crippen molar-refractivity contribution >= 4 is 11.8 Å². The third-order valence-corrected chi connectivity index (χ3v) is 2.90. The normalized spacial score (nSPS) is 24.0. The van der Waals surface area contributed by atoms with Crippen LogP contribution in [0, 0.1) is 0 Å². The maximum Gasteiger partial charge on any atom is 0.240 e. The molecule has 0 radical (unpaired) electrons. The molecule has 2 N–H and O–H groups in total. The number of halogens is 2. The van der Waals surface area contributed by atoms with E-state index in [0.717, 1.165) is 0 Å². The van der Waals surface area contributed by atoms with Crippen LogP contribution in [-0.4, -0.2) is 23.5 Å². The van der Waals surface area contributed by atoms with Crippen LogP contribution < -0.4 is 5.73 Å². The van der Waals surface area contributed by atoms with Gasteiger partial charge in [-0.05, 0) is 0 Å². The number of thioether (sulfide) groups is 1. The lowest BCUT2D eigenvalue weighted by molar-refractivity contribution is 0.113. The van der Waals surface area contributed by atoms with E-state index in [1.807, 2.05) is 0 Å². The summed E-state index contributed by atoms with van der Waals surface area (Å²) in [5.74, 6) is 1.38. The first kappa shape index (κ1) is 7.28. The van der Waals surface area contributed by atoms with E-state index >= 15 is 0 Å². The van der Waals surface area contributed by atoms with E-state index in [-0.39, 0.29) is 6.42 Å². The second-order valence-electron chi connectivity index (χ2n) is 2.45. The van der Waals surface area contributed by atoms with E-state index in [9.17, 15) is 8.78 Å². The van der Waals surface area contributed by atoms with Gasteiger partial charge in [-0.1, -0.05) is 0 Å². The topological polar surface area (TPSA) is 26.0 Å². The molecule has 1 aliphatic heterocycles. The zero-order valence-corrected chi connectivity index (χ0v) is 5.76. The van der Waals surface area contributed by atoms with Crippen LogP contribution in [0.5, 0.6) is 0 Å². The molecule has 0 aromatic carbocycles. The van der Waals surface area contributed by atoms with Gasteiger partial charge in [-0.2, -0.15) is 11.8 Å². The Morgan fingerprint density at radius 1 is 1.56 bits per heavy atom. The third-order valence-electron chi connectivity index (χ3n) is 1.34. The van der Waals surface area contributed by atoms with Gasteiger partial charge in [0.15, 0.2) is 0 Å². The van der Waals surface area contributed by atoms with E-state index < -0.39 is 12.0 Å². The number of hydrogen-bond donors (Lipinski definition) is 1. The highest BCUT2D eigenvalue weighted by Gasteiger charge is 2.35. The number of rotatable bonds is 2. The molecule has 0 aliphatic carbocycles. The van der Waals surface area contributed by atoms with E-state index in [1.54, 1.807) is 11.8 Å². The van der Waals surface area contributed by atoms with E-state index in [4.69, 9.17) is 5.73 Å². The predicted octanol–water partition coefficient (Wildman–Crippen LogP) is 1.09. The molecular formula is C5H9F2NS. The molecular weight excluding hydrogens is 144 g/mol. The van der Waals surface area contributed by atoms with Crippen LogP contribution >= 0.6 is 11.8 Å². The molecule has 0 saturated carbocycles. The second-order valence-corrected chi connectivity index (χ2v) is 3.44. The van der Waals surface area contributed by atoms with Crippen molar-refractivity contribution in [2.45, 2.75) is 18.4 Å². The lowest BCUT2D eigenvalue weighted by atomic mass is 10.0. The number of hydrogen-bond acceptors (Lipinski definition) is 2. The highest BCUT2D eigenvalue weighted by molar-refractivity contribution is 8.00. The van der Waals surface area contributed by atoms with E-state index in [1.165, 1.54) is 0 Å². The minimum absolute atomic E-state index is 0.139. The summed E-state index contributed by atoms with van der Waals surface area (Å²) in [4.78, 5) is 0. The Balaban J connectivity index is 2.24. The Kier molecular flexibility index (Phi) is 1.96. The lowest BCUT2D eigenvalue weighted by Crippen LogP contribution is -2.53. The average molecular weight is 153 g/mol. The summed E-state index contributed by atoms with van der Waals surface area (Å²) in [6.07, 6.45) is -2.38. The van der Waals surface area contributed by atoms with Gasteiger partial charge >= 0.3 is 0 Å². The SMILES string of the molecule is NC1(CC(F)F)CSC1. The molecule has 0 unspecified atom stereocenters. The summed E-state index contributed by atoms with van der Waals surface area (Å²) in [7, 11) is 0. The van der Waals surface area contributed by atoms with Gasteiger partial charge in [-0.25, -0.2) is 8.78 Å². The molecule has 4 heteroatoms. The first-order valence-corrected chi connectivity index (χ1v) is 3.93. The molecule has 1 saturated heterocycles. The summed E-state index contributed by atoms with van der Waals surface area (Å²) in [6.45, 7) is 0. The molecule has 0 aromatic heterocycles. The molecule has 0 aromatic rings. The Morgan fingerprint density at radius 2 is 2.11 bits per heavy atom. The van der Waals surface area contributed by atoms with Gasteiger partial charge in [0.1, 0.15) is 0 Å². The number of alkyl halides is 2. The zero-order chi connectivity index (χ0) is 6.91. The Labute approximate surface area is 57.0 Å². The molecule has 9 heavy (non-hydrogen) atoms. The van der Waals surface area contributed by atoms with Crippen molar-refractivity contribution in [2.24, 2.45) is 5.73 Å². The van der Waals surface area contributed by atoms with Crippen molar-refractivity contribution in [3.8, 4) is 0 Å². The molecule has 0 spiro atoms. The number of nitrogens with two attached hydrogens (primary N) is 1. The molecule has 0 bridgehead atoms. The smallest absolute Gasteiger partial charge is 0.240 e. The van der Waals surface area contributed by atoms with Gasteiger partial charge < -0.3 is 5.73 Å². The maximum absolute atomic E-state index is 11.7. The monoisotopic (exact) mass is 153 g/mol. The molecule has 1 heterocycles. The quantitative estimate of drug-likeness (QED) is 0.642. The fraction of sp³-hybridized carbons (Fsp3) is 1.00. The molecule has 1 rings (SSSR count). The van der Waals surface area contributed by atoms with Crippen LogP contribution in [0.15, 0.2) is 0 Å². The molecule has 0 amide bonds. The van der Waals surface area contributed by atoms with Crippen molar-refractivity contribution in [1.82, 2.24) is 0 Å². The highest BCUT2D eigenvalue weighted by atomic mass is 32.2. The summed E-state index contributed by atoms with van der Waals surface area (Å²) in [5, 5.41) is 0. The lowest BCUT2D eigenvalue weighted by Gasteiger charge is -2.36. The van der Waals surface area contributed by atoms with Crippen molar-refractivity contribution < 1.29 is 8.78 Å². The van der Waals surface area contributed by atoms with Crippen LogP contribution in [0.4, 0.5) is 8.78 Å². The average Bonchev–Trinajstić information content (AvgIpc) is 1.60. The summed E-state index contributed by atoms with van der Waals surface area (Å²) < 4.78 is 23.3. The predicted molar refractivity (Wildman–Crippen MR) is 34.9 cm³/mol. The third kappa shape index (κ3) is 1.79. The van der Waals surface area contributed by atoms with Gasteiger partial charge in [0.2, 0.25) is 6.43 Å². The largest absolute Gasteiger partial charge is 0.324 e. The molecule has 1 nitrogen and oxygen atoms in total. The molecule has 54 valence electrons. The van der Waals surface area contributed by atoms with Crippen LogP contribution in [0.1, 0.15) is 6.42 Å². The van der Waals surface area contributed by atoms with Crippen LogP contribution in [0.3, 0.4) is 0 Å². The zero-order valence-electron chi connectivity index (χ0n) is 4.94. The molecule has 1 fully saturated rings. The molecule has 1 aliphatic rings. The first-order chi connectivity index (χ1) is 4.12. The second kappa shape index (κ2) is 2.42. The standard InChI is InChI=1S/C5H9F2NS/c6-4(7)1-5(8)2-9-3-5/h4H,1-3,8H2. The fourth-order valence-corrected chi connectivity index (χ4v) is 1.75. The Hall–Kier alpha value is 0.170. The van der Waals surface area contributed by atoms with Crippen LogP contribution in [-0.2, 0) is 0 Å². The fourth-order valence-electron chi connectivity index (χ4n) is 0.789. The molecule has 0 atom stereocenters. The minimum Gasteiger partial charge on any atom is -0.324 e. The van der Waals surface area contributed by atoms with Gasteiger partial charge in [0.25, 0.3) is 0 Å². The van der Waals surface area contributed by atoms with Crippen molar-refractivity contribution in [1.29, 1.82) is 0 Å². The van der Waals surface area contributed by atoms with Gasteiger partial charge in [-0.15, -0.1) is 0 Å². The van der Waals surface area contributed by atoms with Crippen LogP contribution in [0.25, 0.3) is 0 Å². The summed E-state index contributed by atoms with van der Waals surface area (Å²) in [5.41, 5.74) is 4.96. The van der Waals surface area contributed by atoms with Crippen LogP contribution in [0.2, 0.25) is 0 Å². The Bertz CT molecular complexity index is 103. The van der Waals surface area contributed by atoms with Crippen molar-refractivity contribution in [3.05, 3.63) is 0 Å². The first-order valence-electron chi connectivity index (χ1n) is 2.77. The van der Waals surface area contributed by atoms with Crippen molar-refractivity contribution in [3.63, 3.8) is 0 Å². The summed E-state index contributed by atoms with van der Waals surface area (Å²) in [6, 6.07) is 0. The minimum atomic E-state index is -2.24.